The van der Waals surface area contributed by atoms with Crippen molar-refractivity contribution in [2.75, 3.05) is 4.72 Å². The molecule has 0 spiro atoms. The highest BCUT2D eigenvalue weighted by Gasteiger charge is 2.51. The molecule has 0 atom stereocenters. The van der Waals surface area contributed by atoms with Gasteiger partial charge in [-0.05, 0) is 74.3 Å². The zero-order chi connectivity index (χ0) is 27.4. The normalized spacial score (nSPS) is 20.7. The van der Waals surface area contributed by atoms with E-state index in [9.17, 15) is 30.8 Å². The van der Waals surface area contributed by atoms with Crippen molar-refractivity contribution in [2.24, 2.45) is 5.92 Å². The number of nitrogens with one attached hydrogen (secondary N) is 2. The maximum absolute atomic E-state index is 13.9. The molecule has 2 saturated carbocycles. The molecule has 0 heterocycles. The number of halogens is 4. The lowest BCUT2D eigenvalue weighted by atomic mass is 9.86. The Balaban J connectivity index is 0.000000479. The number of benzene rings is 2. The minimum atomic E-state index is -5.08. The fourth-order valence-corrected chi connectivity index (χ4v) is 5.37. The van der Waals surface area contributed by atoms with Crippen molar-refractivity contribution >= 4 is 27.6 Å². The molecule has 3 N–H and O–H groups in total. The molecule has 2 aliphatic rings. The third-order valence-corrected chi connectivity index (χ3v) is 8.01. The van der Waals surface area contributed by atoms with E-state index in [0.29, 0.717) is 5.69 Å². The van der Waals surface area contributed by atoms with Gasteiger partial charge in [0.25, 0.3) is 10.0 Å². The van der Waals surface area contributed by atoms with E-state index >= 15 is 0 Å². The number of rotatable bonds is 6. The number of hydrogen-bond acceptors (Lipinski definition) is 4. The largest absolute Gasteiger partial charge is 0.490 e. The SMILES string of the molecule is CC1CCC(NC(=O)C2(c3ccc(NS(=O)(=O)c4ccccc4F)cc3)CC2)CC1.O=C(O)C(F)(F)F. The molecule has 0 aromatic heterocycles. The zero-order valence-corrected chi connectivity index (χ0v) is 20.8. The Morgan fingerprint density at radius 2 is 1.51 bits per heavy atom. The van der Waals surface area contributed by atoms with E-state index < -0.39 is 38.3 Å². The maximum atomic E-state index is 13.9. The van der Waals surface area contributed by atoms with Gasteiger partial charge < -0.3 is 10.4 Å². The van der Waals surface area contributed by atoms with Crippen LogP contribution in [0, 0.1) is 11.7 Å². The number of anilines is 1. The first kappa shape index (κ1) is 28.4. The van der Waals surface area contributed by atoms with Gasteiger partial charge in [-0.2, -0.15) is 13.2 Å². The van der Waals surface area contributed by atoms with Gasteiger partial charge in [0.15, 0.2) is 0 Å². The van der Waals surface area contributed by atoms with Gasteiger partial charge in [-0.25, -0.2) is 17.6 Å². The number of carbonyl (C=O) groups is 2. The molecule has 2 aromatic rings. The molecule has 202 valence electrons. The van der Waals surface area contributed by atoms with Gasteiger partial charge in [-0.3, -0.25) is 9.52 Å². The van der Waals surface area contributed by atoms with Crippen LogP contribution in [0.2, 0.25) is 0 Å². The lowest BCUT2D eigenvalue weighted by molar-refractivity contribution is -0.192. The fourth-order valence-electron chi connectivity index (χ4n) is 4.23. The van der Waals surface area contributed by atoms with E-state index in [-0.39, 0.29) is 11.9 Å². The topological polar surface area (TPSA) is 113 Å². The quantitative estimate of drug-likeness (QED) is 0.444. The monoisotopic (exact) mass is 544 g/mol. The van der Waals surface area contributed by atoms with Crippen molar-refractivity contribution in [1.29, 1.82) is 0 Å². The van der Waals surface area contributed by atoms with Crippen LogP contribution in [0.3, 0.4) is 0 Å². The number of alkyl halides is 3. The Morgan fingerprint density at radius 1 is 0.973 bits per heavy atom. The van der Waals surface area contributed by atoms with E-state index in [2.05, 4.69) is 17.0 Å². The molecule has 2 aromatic carbocycles. The standard InChI is InChI=1S/C23H27FN2O3S.C2HF3O2/c1-16-6-10-18(11-7-16)25-22(27)23(14-15-23)17-8-12-19(13-9-17)26-30(28,29)21-5-3-2-4-20(21)24;3-2(4,5)1(6)7/h2-5,8-9,12-13,16,18,26H,6-7,10-11,14-15H2,1H3,(H,25,27);(H,6,7). The summed E-state index contributed by atoms with van der Waals surface area (Å²) in [6, 6.07) is 12.3. The molecular weight excluding hydrogens is 516 g/mol. The third-order valence-electron chi connectivity index (χ3n) is 6.59. The smallest absolute Gasteiger partial charge is 0.475 e. The second kappa shape index (κ2) is 11.1. The Bertz CT molecular complexity index is 1220. The van der Waals surface area contributed by atoms with Gasteiger partial charge in [0, 0.05) is 11.7 Å². The molecule has 7 nitrogen and oxygen atoms in total. The first-order valence-corrected chi connectivity index (χ1v) is 13.2. The fraction of sp³-hybridized carbons (Fsp3) is 0.440. The maximum Gasteiger partial charge on any atom is 0.490 e. The number of sulfonamides is 1. The Hall–Kier alpha value is -3.15. The zero-order valence-electron chi connectivity index (χ0n) is 20.0. The van der Waals surface area contributed by atoms with Gasteiger partial charge in [0.1, 0.15) is 10.7 Å². The molecule has 2 fully saturated rings. The summed E-state index contributed by atoms with van der Waals surface area (Å²) in [4.78, 5) is 21.5. The molecule has 1 amide bonds. The number of aliphatic carboxylic acids is 1. The second-order valence-corrected chi connectivity index (χ2v) is 11.1. The van der Waals surface area contributed by atoms with E-state index in [4.69, 9.17) is 9.90 Å². The molecule has 12 heteroatoms. The van der Waals surface area contributed by atoms with Crippen LogP contribution in [0.1, 0.15) is 51.0 Å². The Morgan fingerprint density at radius 3 is 2.00 bits per heavy atom. The minimum Gasteiger partial charge on any atom is -0.475 e. The van der Waals surface area contributed by atoms with Gasteiger partial charge in [-0.15, -0.1) is 0 Å². The first-order chi connectivity index (χ1) is 17.2. The highest BCUT2D eigenvalue weighted by Crippen LogP contribution is 2.49. The highest BCUT2D eigenvalue weighted by molar-refractivity contribution is 7.92. The van der Waals surface area contributed by atoms with E-state index in [1.807, 2.05) is 0 Å². The van der Waals surface area contributed by atoms with Crippen molar-refractivity contribution in [3.05, 3.63) is 59.9 Å². The third kappa shape index (κ3) is 7.21. The molecule has 0 aliphatic heterocycles. The van der Waals surface area contributed by atoms with Crippen molar-refractivity contribution in [3.8, 4) is 0 Å². The second-order valence-electron chi connectivity index (χ2n) is 9.43. The van der Waals surface area contributed by atoms with Crippen LogP contribution < -0.4 is 10.0 Å². The summed E-state index contributed by atoms with van der Waals surface area (Å²) in [5.41, 5.74) is 0.712. The van der Waals surface area contributed by atoms with Crippen LogP contribution in [0.5, 0.6) is 0 Å². The molecule has 0 radical (unpaired) electrons. The van der Waals surface area contributed by atoms with Crippen LogP contribution in [-0.2, 0) is 25.0 Å². The van der Waals surface area contributed by atoms with E-state index in [0.717, 1.165) is 56.1 Å². The number of carboxylic acid groups (broad SMARTS) is 1. The van der Waals surface area contributed by atoms with Crippen LogP contribution in [0.4, 0.5) is 23.2 Å². The summed E-state index contributed by atoms with van der Waals surface area (Å²) >= 11 is 0. The number of amides is 1. The molecule has 0 saturated heterocycles. The summed E-state index contributed by atoms with van der Waals surface area (Å²) in [5.74, 6) is -2.75. The lowest BCUT2D eigenvalue weighted by Gasteiger charge is -2.28. The predicted molar refractivity (Wildman–Crippen MR) is 128 cm³/mol. The molecule has 0 unspecified atom stereocenters. The van der Waals surface area contributed by atoms with Crippen LogP contribution in [0.25, 0.3) is 0 Å². The Labute approximate surface area is 212 Å². The van der Waals surface area contributed by atoms with Crippen molar-refractivity contribution < 1.29 is 40.7 Å². The van der Waals surface area contributed by atoms with Crippen molar-refractivity contribution in [3.63, 3.8) is 0 Å². The van der Waals surface area contributed by atoms with Crippen LogP contribution >= 0.6 is 0 Å². The van der Waals surface area contributed by atoms with Gasteiger partial charge in [0.05, 0.1) is 5.41 Å². The summed E-state index contributed by atoms with van der Waals surface area (Å²) in [5, 5.41) is 10.4. The first-order valence-electron chi connectivity index (χ1n) is 11.7. The average Bonchev–Trinajstić information content (AvgIpc) is 3.63. The molecule has 4 rings (SSSR count). The molecule has 37 heavy (non-hydrogen) atoms. The Kier molecular flexibility index (Phi) is 8.51. The number of hydrogen-bond donors (Lipinski definition) is 3. The van der Waals surface area contributed by atoms with Crippen LogP contribution in [-0.4, -0.2) is 37.6 Å². The van der Waals surface area contributed by atoms with Gasteiger partial charge in [-0.1, -0.05) is 31.2 Å². The van der Waals surface area contributed by atoms with Crippen LogP contribution in [0.15, 0.2) is 53.4 Å². The summed E-state index contributed by atoms with van der Waals surface area (Å²) in [7, 11) is -4.02. The molecule has 0 bridgehead atoms. The molecule has 2 aliphatic carbocycles. The van der Waals surface area contributed by atoms with Crippen molar-refractivity contribution in [2.45, 2.75) is 68.0 Å². The average molecular weight is 545 g/mol. The molecular formula is C25H28F4N2O5S. The minimum absolute atomic E-state index is 0.0711. The van der Waals surface area contributed by atoms with Gasteiger partial charge >= 0.3 is 12.1 Å². The number of carboxylic acids is 1. The predicted octanol–water partition coefficient (Wildman–Crippen LogP) is 4.99. The van der Waals surface area contributed by atoms with Gasteiger partial charge in [0.2, 0.25) is 5.91 Å². The highest BCUT2D eigenvalue weighted by atomic mass is 32.2. The summed E-state index contributed by atoms with van der Waals surface area (Å²) in [6.07, 6.45) is 0.855. The summed E-state index contributed by atoms with van der Waals surface area (Å²) in [6.45, 7) is 2.25. The van der Waals surface area contributed by atoms with E-state index in [1.165, 1.54) is 18.2 Å². The lowest BCUT2D eigenvalue weighted by Crippen LogP contribution is -2.43. The van der Waals surface area contributed by atoms with E-state index in [1.54, 1.807) is 24.3 Å². The van der Waals surface area contributed by atoms with Crippen molar-refractivity contribution in [1.82, 2.24) is 5.32 Å². The number of carbonyl (C=O) groups excluding carboxylic acids is 1. The summed E-state index contributed by atoms with van der Waals surface area (Å²) < 4.78 is 72.9.